The summed E-state index contributed by atoms with van der Waals surface area (Å²) in [4.78, 5) is 27.7. The molecule has 2 amide bonds. The second-order valence-corrected chi connectivity index (χ2v) is 5.86. The summed E-state index contributed by atoms with van der Waals surface area (Å²) in [6, 6.07) is 0.0126. The Balaban J connectivity index is 2.08. The molecule has 1 N–H and O–H groups in total. The number of carbonyl (C=O) groups is 2. The normalized spacial score (nSPS) is 31.2. The highest BCUT2D eigenvalue weighted by Crippen LogP contribution is 2.34. The summed E-state index contributed by atoms with van der Waals surface area (Å²) < 4.78 is 5.34. The third-order valence-electron chi connectivity index (χ3n) is 4.59. The van der Waals surface area contributed by atoms with Crippen LogP contribution in [0, 0.1) is 5.41 Å². The highest BCUT2D eigenvalue weighted by Gasteiger charge is 2.43. The molecule has 0 aromatic heterocycles. The van der Waals surface area contributed by atoms with Crippen LogP contribution in [0.4, 0.5) is 4.79 Å². The molecule has 2 rings (SSSR count). The maximum atomic E-state index is 12.6. The first kappa shape index (κ1) is 15.1. The van der Waals surface area contributed by atoms with E-state index in [1.165, 1.54) is 0 Å². The van der Waals surface area contributed by atoms with Gasteiger partial charge in [-0.15, -0.1) is 0 Å². The van der Waals surface area contributed by atoms with Gasteiger partial charge in [0, 0.05) is 19.6 Å². The first-order valence-corrected chi connectivity index (χ1v) is 7.37. The molecule has 0 radical (unpaired) electrons. The number of nitrogens with zero attached hydrogens (tertiary/aromatic N) is 2. The van der Waals surface area contributed by atoms with Crippen LogP contribution in [0.1, 0.15) is 33.1 Å². The minimum absolute atomic E-state index is 0.0421. The molecular weight excluding hydrogens is 260 g/mol. The van der Waals surface area contributed by atoms with Crippen LogP contribution in [0.2, 0.25) is 0 Å². The Kier molecular flexibility index (Phi) is 4.52. The molecule has 0 bridgehead atoms. The summed E-state index contributed by atoms with van der Waals surface area (Å²) in [6.45, 7) is 6.52. The molecule has 114 valence electrons. The summed E-state index contributed by atoms with van der Waals surface area (Å²) in [5.74, 6) is -0.785. The van der Waals surface area contributed by atoms with Crippen LogP contribution in [-0.4, -0.2) is 65.8 Å². The molecule has 0 aliphatic carbocycles. The van der Waals surface area contributed by atoms with Gasteiger partial charge in [-0.05, 0) is 26.2 Å². The molecule has 6 nitrogen and oxygen atoms in total. The number of aliphatic carboxylic acids is 1. The van der Waals surface area contributed by atoms with Gasteiger partial charge in [-0.3, -0.25) is 4.79 Å². The monoisotopic (exact) mass is 284 g/mol. The first-order valence-electron chi connectivity index (χ1n) is 7.37. The summed E-state index contributed by atoms with van der Waals surface area (Å²) in [5, 5.41) is 9.48. The molecule has 2 aliphatic heterocycles. The second kappa shape index (κ2) is 5.99. The standard InChI is InChI=1S/C14H24N2O4/c1-3-14(12(17)18)5-4-6-15(10-14)13(19)16-7-8-20-9-11(16)2/h11H,3-10H2,1-2H3,(H,17,18). The topological polar surface area (TPSA) is 70.1 Å². The molecule has 0 saturated carbocycles. The van der Waals surface area contributed by atoms with Crippen molar-refractivity contribution in [3.05, 3.63) is 0 Å². The molecule has 2 aliphatic rings. The number of ether oxygens (including phenoxy) is 1. The van der Waals surface area contributed by atoms with Crippen LogP contribution in [0.3, 0.4) is 0 Å². The van der Waals surface area contributed by atoms with Gasteiger partial charge < -0.3 is 19.6 Å². The Morgan fingerprint density at radius 1 is 1.40 bits per heavy atom. The van der Waals surface area contributed by atoms with Crippen molar-refractivity contribution in [1.29, 1.82) is 0 Å². The van der Waals surface area contributed by atoms with Crippen LogP contribution in [-0.2, 0) is 9.53 Å². The third kappa shape index (κ3) is 2.75. The van der Waals surface area contributed by atoms with Crippen molar-refractivity contribution in [3.8, 4) is 0 Å². The molecule has 0 spiro atoms. The van der Waals surface area contributed by atoms with E-state index in [0.29, 0.717) is 45.7 Å². The Hall–Kier alpha value is -1.30. The van der Waals surface area contributed by atoms with Crippen molar-refractivity contribution in [2.45, 2.75) is 39.2 Å². The van der Waals surface area contributed by atoms with E-state index in [4.69, 9.17) is 4.74 Å². The van der Waals surface area contributed by atoms with Gasteiger partial charge in [-0.1, -0.05) is 6.92 Å². The molecular formula is C14H24N2O4. The largest absolute Gasteiger partial charge is 0.481 e. The Labute approximate surface area is 119 Å². The number of carbonyl (C=O) groups excluding carboxylic acids is 1. The molecule has 2 fully saturated rings. The van der Waals surface area contributed by atoms with Gasteiger partial charge in [0.25, 0.3) is 0 Å². The van der Waals surface area contributed by atoms with Crippen LogP contribution in [0.15, 0.2) is 0 Å². The number of hydrogen-bond donors (Lipinski definition) is 1. The lowest BCUT2D eigenvalue weighted by molar-refractivity contribution is -0.152. The van der Waals surface area contributed by atoms with Gasteiger partial charge in [0.1, 0.15) is 0 Å². The first-order chi connectivity index (χ1) is 9.50. The number of amides is 2. The van der Waals surface area contributed by atoms with Gasteiger partial charge in [0.05, 0.1) is 24.7 Å². The number of morpholine rings is 1. The van der Waals surface area contributed by atoms with Gasteiger partial charge in [0.15, 0.2) is 0 Å². The Bertz CT molecular complexity index is 387. The summed E-state index contributed by atoms with van der Waals surface area (Å²) in [6.07, 6.45) is 1.97. The zero-order valence-corrected chi connectivity index (χ0v) is 12.3. The molecule has 0 aromatic carbocycles. The van der Waals surface area contributed by atoms with E-state index in [-0.39, 0.29) is 12.1 Å². The number of carboxylic acid groups (broad SMARTS) is 1. The van der Waals surface area contributed by atoms with Crippen LogP contribution >= 0.6 is 0 Å². The lowest BCUT2D eigenvalue weighted by Gasteiger charge is -2.43. The van der Waals surface area contributed by atoms with Crippen molar-refractivity contribution in [3.63, 3.8) is 0 Å². The van der Waals surface area contributed by atoms with Crippen LogP contribution < -0.4 is 0 Å². The van der Waals surface area contributed by atoms with Gasteiger partial charge in [-0.25, -0.2) is 4.79 Å². The highest BCUT2D eigenvalue weighted by molar-refractivity contribution is 5.79. The number of urea groups is 1. The second-order valence-electron chi connectivity index (χ2n) is 5.86. The van der Waals surface area contributed by atoms with Gasteiger partial charge in [-0.2, -0.15) is 0 Å². The SMILES string of the molecule is CCC1(C(=O)O)CCCN(C(=O)N2CCOCC2C)C1. The predicted molar refractivity (Wildman–Crippen MR) is 73.5 cm³/mol. The maximum Gasteiger partial charge on any atom is 0.320 e. The molecule has 6 heteroatoms. The Morgan fingerprint density at radius 3 is 2.75 bits per heavy atom. The molecule has 2 saturated heterocycles. The summed E-state index contributed by atoms with van der Waals surface area (Å²) in [5.41, 5.74) is -0.774. The van der Waals surface area contributed by atoms with Crippen molar-refractivity contribution in [2.75, 3.05) is 32.8 Å². The number of carboxylic acids is 1. The zero-order valence-electron chi connectivity index (χ0n) is 12.3. The molecule has 20 heavy (non-hydrogen) atoms. The van der Waals surface area contributed by atoms with Gasteiger partial charge in [0.2, 0.25) is 0 Å². The number of piperidine rings is 1. The maximum absolute atomic E-state index is 12.6. The predicted octanol–water partition coefficient (Wildman–Crippen LogP) is 1.40. The van der Waals surface area contributed by atoms with Crippen molar-refractivity contribution in [1.82, 2.24) is 9.80 Å². The average Bonchev–Trinajstić information content (AvgIpc) is 2.47. The summed E-state index contributed by atoms with van der Waals surface area (Å²) in [7, 11) is 0. The third-order valence-corrected chi connectivity index (χ3v) is 4.59. The lowest BCUT2D eigenvalue weighted by atomic mass is 9.78. The quantitative estimate of drug-likeness (QED) is 0.832. The Morgan fingerprint density at radius 2 is 2.15 bits per heavy atom. The molecule has 2 unspecified atom stereocenters. The van der Waals surface area contributed by atoms with Crippen LogP contribution in [0.5, 0.6) is 0 Å². The van der Waals surface area contributed by atoms with E-state index in [9.17, 15) is 14.7 Å². The fraction of sp³-hybridized carbons (Fsp3) is 0.857. The molecule has 2 atom stereocenters. The number of rotatable bonds is 2. The fourth-order valence-corrected chi connectivity index (χ4v) is 3.10. The molecule has 0 aromatic rings. The van der Waals surface area contributed by atoms with Gasteiger partial charge >= 0.3 is 12.0 Å². The zero-order chi connectivity index (χ0) is 14.8. The fourth-order valence-electron chi connectivity index (χ4n) is 3.10. The minimum atomic E-state index is -0.785. The smallest absolute Gasteiger partial charge is 0.320 e. The number of hydrogen-bond acceptors (Lipinski definition) is 3. The van der Waals surface area contributed by atoms with E-state index in [1.807, 2.05) is 13.8 Å². The minimum Gasteiger partial charge on any atom is -0.481 e. The van der Waals surface area contributed by atoms with E-state index < -0.39 is 11.4 Å². The van der Waals surface area contributed by atoms with Crippen molar-refractivity contribution in [2.24, 2.45) is 5.41 Å². The number of likely N-dealkylation sites (tertiary alicyclic amines) is 1. The van der Waals surface area contributed by atoms with E-state index in [2.05, 4.69) is 0 Å². The van der Waals surface area contributed by atoms with Crippen molar-refractivity contribution >= 4 is 12.0 Å². The van der Waals surface area contributed by atoms with Crippen molar-refractivity contribution < 1.29 is 19.4 Å². The van der Waals surface area contributed by atoms with E-state index >= 15 is 0 Å². The van der Waals surface area contributed by atoms with E-state index in [1.54, 1.807) is 9.80 Å². The lowest BCUT2D eigenvalue weighted by Crippen LogP contribution is -2.57. The molecule has 2 heterocycles. The average molecular weight is 284 g/mol. The summed E-state index contributed by atoms with van der Waals surface area (Å²) >= 11 is 0. The van der Waals surface area contributed by atoms with Crippen LogP contribution in [0.25, 0.3) is 0 Å². The van der Waals surface area contributed by atoms with E-state index in [0.717, 1.165) is 6.42 Å². The highest BCUT2D eigenvalue weighted by atomic mass is 16.5.